The fraction of sp³-hybridized carbons (Fsp3) is 0.500. The molecule has 0 aliphatic carbocycles. The lowest BCUT2D eigenvalue weighted by molar-refractivity contribution is 0.0513. The molecule has 0 aromatic carbocycles. The number of carbonyl (C=O) groups excluding carboxylic acids is 1. The number of carbonyl (C=O) groups is 1. The van der Waals surface area contributed by atoms with Gasteiger partial charge in [-0.25, -0.2) is 8.78 Å². The van der Waals surface area contributed by atoms with E-state index in [1.165, 1.54) is 13.2 Å². The van der Waals surface area contributed by atoms with Crippen molar-refractivity contribution in [3.05, 3.63) is 16.3 Å². The average molecular weight is 265 g/mol. The zero-order valence-electron chi connectivity index (χ0n) is 9.23. The van der Waals surface area contributed by atoms with E-state index in [2.05, 4.69) is 0 Å². The second-order valence-electron chi connectivity index (χ2n) is 3.22. The van der Waals surface area contributed by atoms with Crippen molar-refractivity contribution in [3.8, 4) is 5.75 Å². The Labute approximate surface area is 101 Å². The van der Waals surface area contributed by atoms with Crippen molar-refractivity contribution in [1.29, 1.82) is 0 Å². The third-order valence-electron chi connectivity index (χ3n) is 2.04. The normalized spacial score (nSPS) is 10.6. The summed E-state index contributed by atoms with van der Waals surface area (Å²) >= 11 is 1.12. The van der Waals surface area contributed by atoms with Gasteiger partial charge in [-0.1, -0.05) is 0 Å². The average Bonchev–Trinajstić information content (AvgIpc) is 2.75. The summed E-state index contributed by atoms with van der Waals surface area (Å²) in [6.45, 7) is -1.13. The molecule has 7 heteroatoms. The highest BCUT2D eigenvalue weighted by Crippen LogP contribution is 2.22. The van der Waals surface area contributed by atoms with Gasteiger partial charge >= 0.3 is 0 Å². The fourth-order valence-corrected chi connectivity index (χ4v) is 2.08. The van der Waals surface area contributed by atoms with Crippen molar-refractivity contribution < 1.29 is 23.4 Å². The van der Waals surface area contributed by atoms with Gasteiger partial charge in [-0.05, 0) is 0 Å². The highest BCUT2D eigenvalue weighted by molar-refractivity contribution is 7.12. The van der Waals surface area contributed by atoms with Gasteiger partial charge in [0.1, 0.15) is 5.75 Å². The summed E-state index contributed by atoms with van der Waals surface area (Å²) in [5.41, 5.74) is 0. The molecule has 0 saturated carbocycles. The molecule has 0 atom stereocenters. The van der Waals surface area contributed by atoms with Gasteiger partial charge in [0, 0.05) is 18.0 Å². The number of hydrogen-bond donors (Lipinski definition) is 1. The number of methoxy groups -OCH3 is 1. The van der Waals surface area contributed by atoms with E-state index in [-0.39, 0.29) is 13.2 Å². The number of rotatable bonds is 6. The third kappa shape index (κ3) is 3.94. The van der Waals surface area contributed by atoms with Crippen LogP contribution in [0.25, 0.3) is 0 Å². The number of aliphatic hydroxyl groups is 1. The Morgan fingerprint density at radius 3 is 2.82 bits per heavy atom. The number of amides is 1. The first-order valence-corrected chi connectivity index (χ1v) is 5.77. The van der Waals surface area contributed by atoms with Crippen LogP contribution in [0.1, 0.15) is 9.67 Å². The van der Waals surface area contributed by atoms with Crippen LogP contribution in [0.3, 0.4) is 0 Å². The zero-order chi connectivity index (χ0) is 12.8. The van der Waals surface area contributed by atoms with Crippen LogP contribution in [0, 0.1) is 0 Å². The minimum absolute atomic E-state index is 0.108. The van der Waals surface area contributed by atoms with Gasteiger partial charge in [0.2, 0.25) is 0 Å². The molecule has 0 saturated heterocycles. The van der Waals surface area contributed by atoms with Crippen LogP contribution < -0.4 is 4.74 Å². The summed E-state index contributed by atoms with van der Waals surface area (Å²) in [5.74, 6) is -0.00741. The maximum Gasteiger partial charge on any atom is 0.264 e. The molecule has 0 radical (unpaired) electrons. The second-order valence-corrected chi connectivity index (χ2v) is 4.13. The number of aliphatic hydroxyl groups excluding tert-OH is 1. The Morgan fingerprint density at radius 2 is 2.35 bits per heavy atom. The van der Waals surface area contributed by atoms with Crippen molar-refractivity contribution in [2.45, 2.75) is 6.43 Å². The van der Waals surface area contributed by atoms with Gasteiger partial charge in [-0.2, -0.15) is 0 Å². The molecule has 1 aromatic heterocycles. The van der Waals surface area contributed by atoms with E-state index in [0.717, 1.165) is 16.2 Å². The molecular weight excluding hydrogens is 252 g/mol. The van der Waals surface area contributed by atoms with Crippen LogP contribution in [0.4, 0.5) is 8.78 Å². The topological polar surface area (TPSA) is 49.8 Å². The molecular formula is C10H13F2NO3S. The number of thiophene rings is 1. The predicted molar refractivity (Wildman–Crippen MR) is 59.9 cm³/mol. The second kappa shape index (κ2) is 6.51. The Hall–Kier alpha value is -1.21. The highest BCUT2D eigenvalue weighted by atomic mass is 32.1. The van der Waals surface area contributed by atoms with Crippen LogP contribution in [-0.2, 0) is 0 Å². The van der Waals surface area contributed by atoms with Crippen molar-refractivity contribution in [3.63, 3.8) is 0 Å². The maximum absolute atomic E-state index is 12.3. The number of halogens is 2. The Kier molecular flexibility index (Phi) is 5.30. The van der Waals surface area contributed by atoms with Gasteiger partial charge in [0.25, 0.3) is 12.3 Å². The lowest BCUT2D eigenvalue weighted by Gasteiger charge is -2.20. The van der Waals surface area contributed by atoms with Crippen LogP contribution in [0.5, 0.6) is 5.75 Å². The highest BCUT2D eigenvalue weighted by Gasteiger charge is 2.20. The van der Waals surface area contributed by atoms with Gasteiger partial charge in [0.05, 0.1) is 25.1 Å². The molecule has 0 spiro atoms. The standard InChI is InChI=1S/C10H13F2NO3S/c1-16-7-4-8(17-6-7)10(15)13(2-3-14)5-9(11)12/h4,6,9,14H,2-3,5H2,1H3. The summed E-state index contributed by atoms with van der Waals surface area (Å²) < 4.78 is 29.4. The van der Waals surface area contributed by atoms with E-state index in [4.69, 9.17) is 9.84 Å². The Bertz CT molecular complexity index is 370. The first-order chi connectivity index (χ1) is 8.08. The predicted octanol–water partition coefficient (Wildman–Crippen LogP) is 1.46. The maximum atomic E-state index is 12.3. The van der Waals surface area contributed by atoms with Crippen LogP contribution in [0.15, 0.2) is 11.4 Å². The largest absolute Gasteiger partial charge is 0.496 e. The smallest absolute Gasteiger partial charge is 0.264 e. The molecule has 1 aromatic rings. The lowest BCUT2D eigenvalue weighted by Crippen LogP contribution is -2.36. The van der Waals surface area contributed by atoms with Crippen LogP contribution in [-0.4, -0.2) is 49.1 Å². The molecule has 96 valence electrons. The Balaban J connectivity index is 2.75. The number of hydrogen-bond acceptors (Lipinski definition) is 4. The SMILES string of the molecule is COc1csc(C(=O)N(CCO)CC(F)F)c1. The zero-order valence-corrected chi connectivity index (χ0v) is 10.0. The van der Waals surface area contributed by atoms with Gasteiger partial charge < -0.3 is 14.7 Å². The molecule has 0 aliphatic rings. The van der Waals surface area contributed by atoms with Crippen molar-refractivity contribution in [1.82, 2.24) is 4.90 Å². The van der Waals surface area contributed by atoms with Crippen LogP contribution in [0.2, 0.25) is 0 Å². The summed E-state index contributed by atoms with van der Waals surface area (Å²) in [6, 6.07) is 1.49. The molecule has 17 heavy (non-hydrogen) atoms. The number of nitrogens with zero attached hydrogens (tertiary/aromatic N) is 1. The van der Waals surface area contributed by atoms with E-state index < -0.39 is 18.9 Å². The molecule has 0 unspecified atom stereocenters. The monoisotopic (exact) mass is 265 g/mol. The van der Waals surface area contributed by atoms with E-state index in [1.807, 2.05) is 0 Å². The summed E-state index contributed by atoms with van der Waals surface area (Å²) in [7, 11) is 1.46. The minimum atomic E-state index is -2.62. The summed E-state index contributed by atoms with van der Waals surface area (Å²) in [5, 5.41) is 10.4. The third-order valence-corrected chi connectivity index (χ3v) is 2.93. The molecule has 0 fully saturated rings. The molecule has 1 heterocycles. The number of ether oxygens (including phenoxy) is 1. The first-order valence-electron chi connectivity index (χ1n) is 4.89. The number of alkyl halides is 2. The van der Waals surface area contributed by atoms with Gasteiger partial charge in [-0.3, -0.25) is 4.79 Å². The Morgan fingerprint density at radius 1 is 1.65 bits per heavy atom. The molecule has 1 amide bonds. The van der Waals surface area contributed by atoms with Crippen molar-refractivity contribution in [2.24, 2.45) is 0 Å². The molecule has 4 nitrogen and oxygen atoms in total. The minimum Gasteiger partial charge on any atom is -0.496 e. The van der Waals surface area contributed by atoms with E-state index >= 15 is 0 Å². The molecule has 0 bridgehead atoms. The summed E-state index contributed by atoms with van der Waals surface area (Å²) in [6.07, 6.45) is -2.62. The van der Waals surface area contributed by atoms with E-state index in [0.29, 0.717) is 10.6 Å². The van der Waals surface area contributed by atoms with Crippen molar-refractivity contribution >= 4 is 17.2 Å². The molecule has 0 aliphatic heterocycles. The van der Waals surface area contributed by atoms with Gasteiger partial charge in [-0.15, -0.1) is 11.3 Å². The van der Waals surface area contributed by atoms with E-state index in [9.17, 15) is 13.6 Å². The van der Waals surface area contributed by atoms with Crippen LogP contribution >= 0.6 is 11.3 Å². The molecule has 1 N–H and O–H groups in total. The first kappa shape index (κ1) is 13.9. The van der Waals surface area contributed by atoms with Gasteiger partial charge in [0.15, 0.2) is 0 Å². The quantitative estimate of drug-likeness (QED) is 0.847. The summed E-state index contributed by atoms with van der Waals surface area (Å²) in [4.78, 5) is 13.1. The van der Waals surface area contributed by atoms with Crippen molar-refractivity contribution in [2.75, 3.05) is 26.8 Å². The lowest BCUT2D eigenvalue weighted by atomic mass is 10.3. The van der Waals surface area contributed by atoms with E-state index in [1.54, 1.807) is 5.38 Å². The molecule has 1 rings (SSSR count). The fourth-order valence-electron chi connectivity index (χ4n) is 1.26.